The fraction of sp³-hybridized carbons (Fsp3) is 0.476. The third-order valence-corrected chi connectivity index (χ3v) is 5.41. The van der Waals surface area contributed by atoms with Crippen LogP contribution < -0.4 is 0 Å². The molecule has 2 aliphatic rings. The molecule has 1 atom stereocenters. The van der Waals surface area contributed by atoms with Gasteiger partial charge >= 0.3 is 0 Å². The van der Waals surface area contributed by atoms with Gasteiger partial charge in [0, 0.05) is 44.6 Å². The van der Waals surface area contributed by atoms with E-state index in [0.29, 0.717) is 12.5 Å². The van der Waals surface area contributed by atoms with Gasteiger partial charge in [0.15, 0.2) is 0 Å². The molecule has 4 rings (SSSR count). The number of hydrogen-bond donors (Lipinski definition) is 0. The van der Waals surface area contributed by atoms with Gasteiger partial charge < -0.3 is 9.47 Å². The van der Waals surface area contributed by atoms with Gasteiger partial charge in [-0.1, -0.05) is 29.8 Å². The van der Waals surface area contributed by atoms with E-state index in [2.05, 4.69) is 41.1 Å². The van der Waals surface area contributed by atoms with E-state index in [1.54, 1.807) is 0 Å². The van der Waals surface area contributed by atoms with Crippen LogP contribution in [0.3, 0.4) is 0 Å². The molecule has 0 radical (unpaired) electrons. The lowest BCUT2D eigenvalue weighted by Crippen LogP contribution is -2.64. The van der Waals surface area contributed by atoms with Crippen LogP contribution >= 0.6 is 0 Å². The molecular weight excluding hydrogens is 312 g/mol. The second kappa shape index (κ2) is 7.24. The molecule has 2 aliphatic heterocycles. The van der Waals surface area contributed by atoms with Gasteiger partial charge in [0.1, 0.15) is 0 Å². The van der Waals surface area contributed by atoms with E-state index in [0.717, 1.165) is 39.3 Å². The summed E-state index contributed by atoms with van der Waals surface area (Å²) in [4.78, 5) is 6.53. The number of hydrogen-bond acceptors (Lipinski definition) is 4. The Bertz CT molecular complexity index is 698. The number of nitrogens with zero attached hydrogens (tertiary/aromatic N) is 2. The van der Waals surface area contributed by atoms with Gasteiger partial charge in [0.2, 0.25) is 0 Å². The maximum Gasteiger partial charge on any atom is 0.0985 e. The minimum absolute atomic E-state index is 0.0159. The molecule has 2 fully saturated rings. The Labute approximate surface area is 149 Å². The second-order valence-electron chi connectivity index (χ2n) is 7.40. The van der Waals surface area contributed by atoms with Gasteiger partial charge in [-0.25, -0.2) is 0 Å². The first kappa shape index (κ1) is 16.7. The summed E-state index contributed by atoms with van der Waals surface area (Å²) in [5.74, 6) is 0.503. The van der Waals surface area contributed by atoms with Crippen LogP contribution in [0, 0.1) is 12.8 Å². The number of ether oxygens (including phenoxy) is 2. The van der Waals surface area contributed by atoms with Crippen molar-refractivity contribution < 1.29 is 9.47 Å². The third-order valence-electron chi connectivity index (χ3n) is 5.41. The summed E-state index contributed by atoms with van der Waals surface area (Å²) in [5, 5.41) is 0. The molecule has 0 N–H and O–H groups in total. The van der Waals surface area contributed by atoms with Gasteiger partial charge in [-0.3, -0.25) is 9.88 Å². The van der Waals surface area contributed by atoms with Crippen LogP contribution in [0.15, 0.2) is 48.8 Å². The summed E-state index contributed by atoms with van der Waals surface area (Å²) in [7, 11) is 0. The normalized spacial score (nSPS) is 22.2. The van der Waals surface area contributed by atoms with Crippen molar-refractivity contribution in [2.45, 2.75) is 32.1 Å². The van der Waals surface area contributed by atoms with E-state index < -0.39 is 0 Å². The average molecular weight is 338 g/mol. The van der Waals surface area contributed by atoms with Crippen LogP contribution in [0.1, 0.15) is 23.1 Å². The number of aromatic nitrogens is 1. The van der Waals surface area contributed by atoms with E-state index in [1.165, 1.54) is 16.7 Å². The molecule has 2 aromatic rings. The van der Waals surface area contributed by atoms with Gasteiger partial charge in [-0.2, -0.15) is 0 Å². The van der Waals surface area contributed by atoms with E-state index >= 15 is 0 Å². The molecular formula is C21H26N2O2. The van der Waals surface area contributed by atoms with Crippen LogP contribution in [0.2, 0.25) is 0 Å². The first-order valence-corrected chi connectivity index (χ1v) is 9.12. The predicted molar refractivity (Wildman–Crippen MR) is 97.1 cm³/mol. The largest absolute Gasteiger partial charge is 0.376 e. The molecule has 132 valence electrons. The maximum atomic E-state index is 6.15. The van der Waals surface area contributed by atoms with E-state index in [4.69, 9.17) is 9.47 Å². The molecule has 0 aliphatic carbocycles. The quantitative estimate of drug-likeness (QED) is 0.810. The highest BCUT2D eigenvalue weighted by Crippen LogP contribution is 2.40. The van der Waals surface area contributed by atoms with Crippen molar-refractivity contribution in [1.82, 2.24) is 9.88 Å². The Morgan fingerprint density at radius 3 is 2.84 bits per heavy atom. The molecule has 2 saturated heterocycles. The lowest BCUT2D eigenvalue weighted by Gasteiger charge is -2.50. The predicted octanol–water partition coefficient (Wildman–Crippen LogP) is 3.20. The third kappa shape index (κ3) is 3.76. The Kier molecular flexibility index (Phi) is 4.84. The number of benzene rings is 1. The molecule has 1 aromatic heterocycles. The van der Waals surface area contributed by atoms with Crippen molar-refractivity contribution in [2.75, 3.05) is 26.3 Å². The van der Waals surface area contributed by atoms with Crippen LogP contribution in [0.25, 0.3) is 0 Å². The molecule has 0 bridgehead atoms. The summed E-state index contributed by atoms with van der Waals surface area (Å²) in [5.41, 5.74) is 3.91. The number of likely N-dealkylation sites (tertiary alicyclic amines) is 1. The van der Waals surface area contributed by atoms with Crippen molar-refractivity contribution in [3.63, 3.8) is 0 Å². The highest BCUT2D eigenvalue weighted by molar-refractivity contribution is 5.23. The monoisotopic (exact) mass is 338 g/mol. The smallest absolute Gasteiger partial charge is 0.0985 e. The van der Waals surface area contributed by atoms with E-state index in [1.807, 2.05) is 24.5 Å². The second-order valence-corrected chi connectivity index (χ2v) is 7.40. The van der Waals surface area contributed by atoms with Crippen molar-refractivity contribution in [3.8, 4) is 0 Å². The van der Waals surface area contributed by atoms with Gasteiger partial charge in [0.05, 0.1) is 18.8 Å². The molecule has 1 unspecified atom stereocenters. The topological polar surface area (TPSA) is 34.6 Å². The molecule has 4 heteroatoms. The maximum absolute atomic E-state index is 6.15. The Morgan fingerprint density at radius 1 is 1.20 bits per heavy atom. The lowest BCUT2D eigenvalue weighted by molar-refractivity contribution is -0.146. The average Bonchev–Trinajstić information content (AvgIpc) is 2.99. The van der Waals surface area contributed by atoms with Crippen molar-refractivity contribution in [2.24, 2.45) is 5.92 Å². The minimum Gasteiger partial charge on any atom is -0.376 e. The zero-order valence-corrected chi connectivity index (χ0v) is 14.9. The van der Waals surface area contributed by atoms with Gasteiger partial charge in [-0.15, -0.1) is 0 Å². The summed E-state index contributed by atoms with van der Waals surface area (Å²) in [6, 6.07) is 12.8. The summed E-state index contributed by atoms with van der Waals surface area (Å²) >= 11 is 0. The van der Waals surface area contributed by atoms with Crippen molar-refractivity contribution in [1.29, 1.82) is 0 Å². The SMILES string of the molecule is Cc1cccc(CN2CC3(C2)OCCC3COCc2ccncc2)c1. The van der Waals surface area contributed by atoms with Crippen molar-refractivity contribution in [3.05, 3.63) is 65.5 Å². The zero-order valence-electron chi connectivity index (χ0n) is 14.9. The van der Waals surface area contributed by atoms with Gasteiger partial charge in [-0.05, 0) is 36.6 Å². The summed E-state index contributed by atoms with van der Waals surface area (Å²) in [6.45, 7) is 7.49. The first-order chi connectivity index (χ1) is 12.2. The standard InChI is InChI=1S/C21H26N2O2/c1-17-3-2-4-19(11-17)12-23-15-21(16-23)20(7-10-25-21)14-24-13-18-5-8-22-9-6-18/h2-6,8-9,11,20H,7,10,12-16H2,1H3. The van der Waals surface area contributed by atoms with Gasteiger partial charge in [0.25, 0.3) is 0 Å². The molecule has 1 aromatic carbocycles. The fourth-order valence-electron chi connectivity index (χ4n) is 4.06. The summed E-state index contributed by atoms with van der Waals surface area (Å²) < 4.78 is 12.1. The zero-order chi connectivity index (χ0) is 17.1. The molecule has 1 spiro atoms. The molecule has 0 saturated carbocycles. The number of aryl methyl sites for hydroxylation is 1. The molecule has 0 amide bonds. The first-order valence-electron chi connectivity index (χ1n) is 9.12. The lowest BCUT2D eigenvalue weighted by atomic mass is 9.81. The minimum atomic E-state index is 0.0159. The number of pyridine rings is 1. The molecule has 3 heterocycles. The highest BCUT2D eigenvalue weighted by Gasteiger charge is 2.52. The number of rotatable bonds is 6. The Morgan fingerprint density at radius 2 is 2.04 bits per heavy atom. The molecule has 4 nitrogen and oxygen atoms in total. The highest BCUT2D eigenvalue weighted by atomic mass is 16.5. The van der Waals surface area contributed by atoms with E-state index in [9.17, 15) is 0 Å². The van der Waals surface area contributed by atoms with E-state index in [-0.39, 0.29) is 5.60 Å². The van der Waals surface area contributed by atoms with Crippen LogP contribution in [-0.4, -0.2) is 41.8 Å². The van der Waals surface area contributed by atoms with Crippen LogP contribution in [0.4, 0.5) is 0 Å². The fourth-order valence-corrected chi connectivity index (χ4v) is 4.06. The molecule has 25 heavy (non-hydrogen) atoms. The summed E-state index contributed by atoms with van der Waals surface area (Å²) in [6.07, 6.45) is 4.73. The van der Waals surface area contributed by atoms with Crippen LogP contribution in [-0.2, 0) is 22.6 Å². The Balaban J connectivity index is 1.27. The van der Waals surface area contributed by atoms with Crippen molar-refractivity contribution >= 4 is 0 Å². The Hall–Kier alpha value is -1.75. The van der Waals surface area contributed by atoms with Crippen LogP contribution in [0.5, 0.6) is 0 Å².